The summed E-state index contributed by atoms with van der Waals surface area (Å²) in [4.78, 5) is 11.1. The Bertz CT molecular complexity index is 610. The van der Waals surface area contributed by atoms with Gasteiger partial charge in [0.25, 0.3) is 0 Å². The standard InChI is InChI=1S/C14H15NO2/c1-15-12-7-6-9-4-2-3-5-10(9)11(12)8-13(15)14(16)17/h6-8H,2-5H2,1H3,(H,16,17). The molecular formula is C14H15NO2. The van der Waals surface area contributed by atoms with Gasteiger partial charge in [-0.05, 0) is 48.9 Å². The number of aryl methyl sites for hydroxylation is 3. The first-order valence-electron chi connectivity index (χ1n) is 6.02. The first kappa shape index (κ1) is 10.4. The summed E-state index contributed by atoms with van der Waals surface area (Å²) in [5.74, 6) is -0.853. The Labute approximate surface area is 99.7 Å². The highest BCUT2D eigenvalue weighted by atomic mass is 16.4. The van der Waals surface area contributed by atoms with Crippen LogP contribution >= 0.6 is 0 Å². The Hall–Kier alpha value is -1.77. The first-order valence-corrected chi connectivity index (χ1v) is 6.02. The van der Waals surface area contributed by atoms with Gasteiger partial charge in [0, 0.05) is 18.0 Å². The summed E-state index contributed by atoms with van der Waals surface area (Å²) in [5, 5.41) is 10.3. The lowest BCUT2D eigenvalue weighted by molar-refractivity contribution is 0.0687. The van der Waals surface area contributed by atoms with Crippen LogP contribution in [-0.2, 0) is 19.9 Å². The summed E-state index contributed by atoms with van der Waals surface area (Å²) >= 11 is 0. The van der Waals surface area contributed by atoms with E-state index in [0.29, 0.717) is 5.69 Å². The van der Waals surface area contributed by atoms with Crippen molar-refractivity contribution in [3.63, 3.8) is 0 Å². The van der Waals surface area contributed by atoms with E-state index in [1.807, 2.05) is 19.2 Å². The van der Waals surface area contributed by atoms with E-state index in [-0.39, 0.29) is 0 Å². The van der Waals surface area contributed by atoms with Crippen molar-refractivity contribution in [2.45, 2.75) is 25.7 Å². The van der Waals surface area contributed by atoms with Crippen molar-refractivity contribution in [1.29, 1.82) is 0 Å². The summed E-state index contributed by atoms with van der Waals surface area (Å²) in [5.41, 5.74) is 4.16. The quantitative estimate of drug-likeness (QED) is 0.817. The molecule has 0 saturated heterocycles. The second-order valence-electron chi connectivity index (χ2n) is 4.74. The number of benzene rings is 1. The molecule has 1 aromatic carbocycles. The van der Waals surface area contributed by atoms with Crippen LogP contribution in [0.25, 0.3) is 10.9 Å². The average Bonchev–Trinajstić information content (AvgIpc) is 2.67. The Kier molecular flexibility index (Phi) is 2.21. The van der Waals surface area contributed by atoms with Gasteiger partial charge in [0.15, 0.2) is 0 Å². The maximum atomic E-state index is 11.1. The molecule has 2 aromatic rings. The fourth-order valence-electron chi connectivity index (χ4n) is 2.87. The summed E-state index contributed by atoms with van der Waals surface area (Å²) in [6.07, 6.45) is 4.67. The van der Waals surface area contributed by atoms with E-state index in [1.165, 1.54) is 24.0 Å². The monoisotopic (exact) mass is 229 g/mol. The molecule has 1 heterocycles. The van der Waals surface area contributed by atoms with Gasteiger partial charge in [0.2, 0.25) is 0 Å². The van der Waals surface area contributed by atoms with Crippen LogP contribution in [0.3, 0.4) is 0 Å². The van der Waals surface area contributed by atoms with Crippen LogP contribution in [-0.4, -0.2) is 15.6 Å². The van der Waals surface area contributed by atoms with Gasteiger partial charge in [-0.15, -0.1) is 0 Å². The largest absolute Gasteiger partial charge is 0.477 e. The lowest BCUT2D eigenvalue weighted by Gasteiger charge is -2.16. The van der Waals surface area contributed by atoms with Gasteiger partial charge in [-0.3, -0.25) is 0 Å². The molecule has 3 heteroatoms. The molecule has 1 aliphatic rings. The van der Waals surface area contributed by atoms with Crippen LogP contribution in [0.1, 0.15) is 34.5 Å². The van der Waals surface area contributed by atoms with Crippen LogP contribution in [0.15, 0.2) is 18.2 Å². The third-order valence-corrected chi connectivity index (χ3v) is 3.78. The van der Waals surface area contributed by atoms with Crippen LogP contribution < -0.4 is 0 Å². The predicted octanol–water partition coefficient (Wildman–Crippen LogP) is 2.76. The fraction of sp³-hybridized carbons (Fsp3) is 0.357. The lowest BCUT2D eigenvalue weighted by Crippen LogP contribution is -2.04. The van der Waals surface area contributed by atoms with E-state index in [9.17, 15) is 4.79 Å². The van der Waals surface area contributed by atoms with Gasteiger partial charge in [-0.2, -0.15) is 0 Å². The maximum absolute atomic E-state index is 11.1. The van der Waals surface area contributed by atoms with Crippen molar-refractivity contribution in [1.82, 2.24) is 4.57 Å². The van der Waals surface area contributed by atoms with Crippen LogP contribution in [0.2, 0.25) is 0 Å². The number of aromatic nitrogens is 1. The summed E-state index contributed by atoms with van der Waals surface area (Å²) in [6, 6.07) is 6.02. The molecule has 1 aliphatic carbocycles. The van der Waals surface area contributed by atoms with E-state index in [0.717, 1.165) is 23.7 Å². The summed E-state index contributed by atoms with van der Waals surface area (Å²) < 4.78 is 1.77. The van der Waals surface area contributed by atoms with Crippen molar-refractivity contribution >= 4 is 16.9 Å². The molecule has 88 valence electrons. The smallest absolute Gasteiger partial charge is 0.352 e. The molecule has 17 heavy (non-hydrogen) atoms. The van der Waals surface area contributed by atoms with Gasteiger partial charge in [0.1, 0.15) is 5.69 Å². The minimum Gasteiger partial charge on any atom is -0.477 e. The van der Waals surface area contributed by atoms with Gasteiger partial charge < -0.3 is 9.67 Å². The van der Waals surface area contributed by atoms with Crippen LogP contribution in [0, 0.1) is 0 Å². The molecule has 0 unspecified atom stereocenters. The Morgan fingerprint density at radius 2 is 2.06 bits per heavy atom. The number of aromatic carboxylic acids is 1. The van der Waals surface area contributed by atoms with Crippen molar-refractivity contribution in [2.75, 3.05) is 0 Å². The highest BCUT2D eigenvalue weighted by Gasteiger charge is 2.18. The highest BCUT2D eigenvalue weighted by molar-refractivity contribution is 5.96. The van der Waals surface area contributed by atoms with Gasteiger partial charge in [0.05, 0.1) is 0 Å². The van der Waals surface area contributed by atoms with Crippen molar-refractivity contribution in [3.8, 4) is 0 Å². The molecule has 0 amide bonds. The highest BCUT2D eigenvalue weighted by Crippen LogP contribution is 2.30. The predicted molar refractivity (Wildman–Crippen MR) is 66.5 cm³/mol. The minimum atomic E-state index is -0.853. The molecule has 0 atom stereocenters. The third kappa shape index (κ3) is 1.46. The Morgan fingerprint density at radius 3 is 2.82 bits per heavy atom. The van der Waals surface area contributed by atoms with E-state index < -0.39 is 5.97 Å². The molecule has 0 aliphatic heterocycles. The molecule has 0 fully saturated rings. The second-order valence-corrected chi connectivity index (χ2v) is 4.74. The zero-order valence-electron chi connectivity index (χ0n) is 9.86. The third-order valence-electron chi connectivity index (χ3n) is 3.78. The number of hydrogen-bond donors (Lipinski definition) is 1. The SMILES string of the molecule is Cn1c(C(=O)O)cc2c3c(ccc21)CCCC3. The molecule has 3 nitrogen and oxygen atoms in total. The Balaban J connectivity index is 2.33. The average molecular weight is 229 g/mol. The minimum absolute atomic E-state index is 0.374. The van der Waals surface area contributed by atoms with Gasteiger partial charge in [-0.1, -0.05) is 6.07 Å². The van der Waals surface area contributed by atoms with Crippen molar-refractivity contribution < 1.29 is 9.90 Å². The molecule has 0 bridgehead atoms. The topological polar surface area (TPSA) is 42.2 Å². The van der Waals surface area contributed by atoms with E-state index >= 15 is 0 Å². The zero-order chi connectivity index (χ0) is 12.0. The molecule has 3 rings (SSSR count). The zero-order valence-corrected chi connectivity index (χ0v) is 9.86. The normalized spacial score (nSPS) is 14.9. The first-order chi connectivity index (χ1) is 8.18. The van der Waals surface area contributed by atoms with Crippen molar-refractivity contribution in [2.24, 2.45) is 7.05 Å². The van der Waals surface area contributed by atoms with E-state index in [4.69, 9.17) is 5.11 Å². The number of hydrogen-bond acceptors (Lipinski definition) is 1. The number of carbonyl (C=O) groups is 1. The van der Waals surface area contributed by atoms with E-state index in [2.05, 4.69) is 6.07 Å². The second kappa shape index (κ2) is 3.62. The Morgan fingerprint density at radius 1 is 1.29 bits per heavy atom. The van der Waals surface area contributed by atoms with Crippen LogP contribution in [0.4, 0.5) is 0 Å². The number of carboxylic acid groups (broad SMARTS) is 1. The number of nitrogens with zero attached hydrogens (tertiary/aromatic N) is 1. The number of fused-ring (bicyclic) bond motifs is 3. The molecule has 0 spiro atoms. The van der Waals surface area contributed by atoms with Crippen molar-refractivity contribution in [3.05, 3.63) is 35.0 Å². The van der Waals surface area contributed by atoms with Gasteiger partial charge >= 0.3 is 5.97 Å². The number of carboxylic acids is 1. The molecular weight excluding hydrogens is 214 g/mol. The fourth-order valence-corrected chi connectivity index (χ4v) is 2.87. The maximum Gasteiger partial charge on any atom is 0.352 e. The molecule has 0 radical (unpaired) electrons. The molecule has 1 aromatic heterocycles. The van der Waals surface area contributed by atoms with Gasteiger partial charge in [-0.25, -0.2) is 4.79 Å². The number of rotatable bonds is 1. The molecule has 0 saturated carbocycles. The van der Waals surface area contributed by atoms with Crippen LogP contribution in [0.5, 0.6) is 0 Å². The summed E-state index contributed by atoms with van der Waals surface area (Å²) in [7, 11) is 1.82. The van der Waals surface area contributed by atoms with E-state index in [1.54, 1.807) is 4.57 Å². The summed E-state index contributed by atoms with van der Waals surface area (Å²) in [6.45, 7) is 0. The molecule has 1 N–H and O–H groups in total. The lowest BCUT2D eigenvalue weighted by atomic mass is 9.89.